The predicted octanol–water partition coefficient (Wildman–Crippen LogP) is 2.24. The van der Waals surface area contributed by atoms with E-state index in [-0.39, 0.29) is 23.8 Å². The lowest BCUT2D eigenvalue weighted by Gasteiger charge is -2.23. The van der Waals surface area contributed by atoms with Crippen LogP contribution in [0.15, 0.2) is 24.3 Å². The van der Waals surface area contributed by atoms with Gasteiger partial charge in [0, 0.05) is 12.5 Å². The van der Waals surface area contributed by atoms with Crippen molar-refractivity contribution in [2.45, 2.75) is 45.3 Å². The lowest BCUT2D eigenvalue weighted by atomic mass is 10.0. The first-order valence-corrected chi connectivity index (χ1v) is 8.14. The monoisotopic (exact) mass is 316 g/mol. The molecule has 1 saturated carbocycles. The van der Waals surface area contributed by atoms with Crippen LogP contribution in [-0.2, 0) is 4.79 Å². The number of nitrogens with one attached hydrogen (secondary N) is 1. The van der Waals surface area contributed by atoms with Gasteiger partial charge in [0.1, 0.15) is 11.8 Å². The van der Waals surface area contributed by atoms with E-state index in [9.17, 15) is 9.90 Å². The van der Waals surface area contributed by atoms with Crippen molar-refractivity contribution < 1.29 is 14.6 Å². The van der Waals surface area contributed by atoms with Crippen molar-refractivity contribution in [2.75, 3.05) is 6.54 Å². The zero-order valence-electron chi connectivity index (χ0n) is 13.7. The summed E-state index contributed by atoms with van der Waals surface area (Å²) in [4.78, 5) is 12.5. The molecule has 1 fully saturated rings. The number of hydrogen-bond donors (Lipinski definition) is 2. The van der Waals surface area contributed by atoms with Crippen LogP contribution in [0.1, 0.15) is 38.7 Å². The number of carbonyl (C=O) groups excluding carboxylic acids is 1. The van der Waals surface area contributed by atoms with Crippen LogP contribution in [0.4, 0.5) is 0 Å². The molecule has 1 aliphatic carbocycles. The van der Waals surface area contributed by atoms with E-state index in [1.807, 2.05) is 13.8 Å². The van der Waals surface area contributed by atoms with Crippen LogP contribution in [0.5, 0.6) is 5.75 Å². The van der Waals surface area contributed by atoms with Gasteiger partial charge in [-0.05, 0) is 30.9 Å². The van der Waals surface area contributed by atoms with Crippen molar-refractivity contribution in [2.24, 2.45) is 11.8 Å². The molecule has 0 aromatic heterocycles. The van der Waals surface area contributed by atoms with Crippen molar-refractivity contribution in [1.82, 2.24) is 5.32 Å². The topological polar surface area (TPSA) is 82.3 Å². The maximum absolute atomic E-state index is 12.5. The first kappa shape index (κ1) is 17.3. The van der Waals surface area contributed by atoms with Gasteiger partial charge in [-0.2, -0.15) is 5.26 Å². The lowest BCUT2D eigenvalue weighted by molar-refractivity contribution is -0.130. The second-order valence-corrected chi connectivity index (χ2v) is 6.39. The van der Waals surface area contributed by atoms with Gasteiger partial charge in [-0.15, -0.1) is 0 Å². The minimum atomic E-state index is -0.664. The highest BCUT2D eigenvalue weighted by atomic mass is 16.5. The summed E-state index contributed by atoms with van der Waals surface area (Å²) in [6.07, 6.45) is 1.75. The summed E-state index contributed by atoms with van der Waals surface area (Å²) >= 11 is 0. The molecule has 0 bridgehead atoms. The molecule has 5 nitrogen and oxygen atoms in total. The second kappa shape index (κ2) is 7.98. The minimum absolute atomic E-state index is 0.0322. The minimum Gasteiger partial charge on any atom is -0.479 e. The molecule has 0 radical (unpaired) electrons. The summed E-state index contributed by atoms with van der Waals surface area (Å²) in [6, 6.07) is 8.97. The zero-order chi connectivity index (χ0) is 16.8. The first-order valence-electron chi connectivity index (χ1n) is 8.14. The number of hydrogen-bond acceptors (Lipinski definition) is 4. The average molecular weight is 316 g/mol. The Kier molecular flexibility index (Phi) is 6.00. The van der Waals surface area contributed by atoms with Gasteiger partial charge in [-0.3, -0.25) is 4.79 Å². The van der Waals surface area contributed by atoms with E-state index in [0.717, 1.165) is 19.3 Å². The highest BCUT2D eigenvalue weighted by Gasteiger charge is 2.29. The molecular formula is C18H24N2O3. The highest BCUT2D eigenvalue weighted by Crippen LogP contribution is 2.25. The summed E-state index contributed by atoms with van der Waals surface area (Å²) < 4.78 is 5.80. The van der Waals surface area contributed by atoms with Crippen molar-refractivity contribution in [3.63, 3.8) is 0 Å². The van der Waals surface area contributed by atoms with Crippen LogP contribution < -0.4 is 10.1 Å². The fourth-order valence-electron chi connectivity index (χ4n) is 2.88. The first-order chi connectivity index (χ1) is 11.0. The summed E-state index contributed by atoms with van der Waals surface area (Å²) in [5, 5.41) is 21.8. The van der Waals surface area contributed by atoms with Gasteiger partial charge in [0.15, 0.2) is 6.10 Å². The molecule has 5 heteroatoms. The molecule has 2 rings (SSSR count). The summed E-state index contributed by atoms with van der Waals surface area (Å²) in [6.45, 7) is 4.28. The van der Waals surface area contributed by atoms with E-state index < -0.39 is 6.10 Å². The van der Waals surface area contributed by atoms with E-state index in [0.29, 0.717) is 17.9 Å². The van der Waals surface area contributed by atoms with Crippen LogP contribution in [0, 0.1) is 23.2 Å². The Bertz CT molecular complexity index is 580. The zero-order valence-corrected chi connectivity index (χ0v) is 13.7. The van der Waals surface area contributed by atoms with Crippen LogP contribution in [0.3, 0.4) is 0 Å². The molecule has 1 aromatic rings. The molecule has 3 atom stereocenters. The Balaban J connectivity index is 2.00. The molecule has 2 N–H and O–H groups in total. The van der Waals surface area contributed by atoms with E-state index >= 15 is 0 Å². The SMILES string of the molecule is CC(C)C(Oc1ccccc1C#N)C(=O)NCC1CCCC1O. The summed E-state index contributed by atoms with van der Waals surface area (Å²) in [7, 11) is 0. The van der Waals surface area contributed by atoms with Crippen molar-refractivity contribution in [3.8, 4) is 11.8 Å². The number of aliphatic hydroxyl groups is 1. The molecule has 124 valence electrons. The van der Waals surface area contributed by atoms with Crippen LogP contribution >= 0.6 is 0 Å². The van der Waals surface area contributed by atoms with E-state index in [4.69, 9.17) is 10.00 Å². The predicted molar refractivity (Wildman–Crippen MR) is 86.8 cm³/mol. The van der Waals surface area contributed by atoms with Gasteiger partial charge < -0.3 is 15.2 Å². The maximum atomic E-state index is 12.5. The largest absolute Gasteiger partial charge is 0.479 e. The van der Waals surface area contributed by atoms with Gasteiger partial charge in [0.2, 0.25) is 0 Å². The summed E-state index contributed by atoms with van der Waals surface area (Å²) in [5.74, 6) is 0.310. The van der Waals surface area contributed by atoms with Crippen LogP contribution in [0.25, 0.3) is 0 Å². The number of carbonyl (C=O) groups is 1. The molecule has 23 heavy (non-hydrogen) atoms. The van der Waals surface area contributed by atoms with Crippen molar-refractivity contribution >= 4 is 5.91 Å². The highest BCUT2D eigenvalue weighted by molar-refractivity contribution is 5.81. The number of ether oxygens (including phenoxy) is 1. The smallest absolute Gasteiger partial charge is 0.261 e. The van der Waals surface area contributed by atoms with E-state index in [1.165, 1.54) is 0 Å². The second-order valence-electron chi connectivity index (χ2n) is 6.39. The number of nitrogens with zero attached hydrogens (tertiary/aromatic N) is 1. The average Bonchev–Trinajstić information content (AvgIpc) is 2.95. The Morgan fingerprint density at radius 1 is 1.43 bits per heavy atom. The Morgan fingerprint density at radius 3 is 2.78 bits per heavy atom. The third-order valence-corrected chi connectivity index (χ3v) is 4.28. The van der Waals surface area contributed by atoms with Crippen LogP contribution in [0.2, 0.25) is 0 Å². The van der Waals surface area contributed by atoms with Crippen LogP contribution in [-0.4, -0.2) is 29.8 Å². The number of nitriles is 1. The van der Waals surface area contributed by atoms with Crippen molar-refractivity contribution in [1.29, 1.82) is 5.26 Å². The number of aliphatic hydroxyl groups excluding tert-OH is 1. The quantitative estimate of drug-likeness (QED) is 0.843. The fourth-order valence-corrected chi connectivity index (χ4v) is 2.88. The molecule has 1 aliphatic rings. The van der Waals surface area contributed by atoms with E-state index in [1.54, 1.807) is 24.3 Å². The molecule has 1 amide bonds. The summed E-state index contributed by atoms with van der Waals surface area (Å²) in [5.41, 5.74) is 0.414. The molecule has 0 heterocycles. The Labute approximate surface area is 137 Å². The van der Waals surface area contributed by atoms with Gasteiger partial charge in [-0.1, -0.05) is 32.4 Å². The molecule has 1 aromatic carbocycles. The number of para-hydroxylation sites is 1. The Morgan fingerprint density at radius 2 is 2.17 bits per heavy atom. The molecule has 3 unspecified atom stereocenters. The van der Waals surface area contributed by atoms with Gasteiger partial charge >= 0.3 is 0 Å². The van der Waals surface area contributed by atoms with Gasteiger partial charge in [-0.25, -0.2) is 0 Å². The molecular weight excluding hydrogens is 292 g/mol. The number of amides is 1. The number of benzene rings is 1. The molecule has 0 saturated heterocycles. The van der Waals surface area contributed by atoms with E-state index in [2.05, 4.69) is 11.4 Å². The Hall–Kier alpha value is -2.06. The standard InChI is InChI=1S/C18H24N2O3/c1-12(2)17(23-16-9-4-3-6-13(16)10-19)18(22)20-11-14-7-5-8-15(14)21/h3-4,6,9,12,14-15,17,21H,5,7-8,11H2,1-2H3,(H,20,22). The molecule has 0 spiro atoms. The third kappa shape index (κ3) is 4.46. The lowest BCUT2D eigenvalue weighted by Crippen LogP contribution is -2.44. The molecule has 0 aliphatic heterocycles. The fraction of sp³-hybridized carbons (Fsp3) is 0.556. The van der Waals surface area contributed by atoms with Gasteiger partial charge in [0.05, 0.1) is 11.7 Å². The van der Waals surface area contributed by atoms with Crippen molar-refractivity contribution in [3.05, 3.63) is 29.8 Å². The maximum Gasteiger partial charge on any atom is 0.261 e. The van der Waals surface area contributed by atoms with Gasteiger partial charge in [0.25, 0.3) is 5.91 Å². The number of rotatable bonds is 6. The third-order valence-electron chi connectivity index (χ3n) is 4.28. The normalized spacial score (nSPS) is 21.7.